The van der Waals surface area contributed by atoms with Crippen molar-refractivity contribution in [3.63, 3.8) is 0 Å². The van der Waals surface area contributed by atoms with Gasteiger partial charge in [0.2, 0.25) is 0 Å². The standard InChI is InChI=1S/C12H16ClN3/c13-12-2-1-10(7-14-12)15-11-8-16-5-3-9(11)4-6-16/h1-2,7,9,11,15H,3-6,8H2. The van der Waals surface area contributed by atoms with Gasteiger partial charge in [0.25, 0.3) is 0 Å². The fourth-order valence-electron chi connectivity index (χ4n) is 2.80. The lowest BCUT2D eigenvalue weighted by Crippen LogP contribution is -2.53. The number of halogens is 1. The number of nitrogens with one attached hydrogen (secondary N) is 1. The lowest BCUT2D eigenvalue weighted by Gasteiger charge is -2.45. The third-order valence-corrected chi connectivity index (χ3v) is 3.96. The molecule has 0 aliphatic carbocycles. The molecule has 3 fully saturated rings. The molecule has 1 aromatic rings. The average molecular weight is 238 g/mol. The zero-order valence-corrected chi connectivity index (χ0v) is 9.95. The van der Waals surface area contributed by atoms with Crippen molar-refractivity contribution < 1.29 is 0 Å². The van der Waals surface area contributed by atoms with Crippen LogP contribution in [0.5, 0.6) is 0 Å². The van der Waals surface area contributed by atoms with E-state index in [9.17, 15) is 0 Å². The summed E-state index contributed by atoms with van der Waals surface area (Å²) in [6, 6.07) is 4.43. The van der Waals surface area contributed by atoms with Crippen molar-refractivity contribution in [3.05, 3.63) is 23.5 Å². The number of anilines is 1. The first kappa shape index (κ1) is 10.4. The number of hydrogen-bond donors (Lipinski definition) is 1. The quantitative estimate of drug-likeness (QED) is 0.800. The molecule has 1 atom stereocenters. The van der Waals surface area contributed by atoms with Crippen LogP contribution in [0, 0.1) is 5.92 Å². The molecule has 1 aromatic heterocycles. The molecule has 4 heteroatoms. The zero-order valence-electron chi connectivity index (χ0n) is 9.19. The van der Waals surface area contributed by atoms with Crippen molar-refractivity contribution in [2.75, 3.05) is 25.0 Å². The maximum Gasteiger partial charge on any atom is 0.129 e. The molecule has 4 heterocycles. The van der Waals surface area contributed by atoms with Gasteiger partial charge in [-0.1, -0.05) is 11.6 Å². The van der Waals surface area contributed by atoms with E-state index < -0.39 is 0 Å². The highest BCUT2D eigenvalue weighted by Gasteiger charge is 2.33. The molecule has 0 spiro atoms. The molecule has 0 radical (unpaired) electrons. The second-order valence-electron chi connectivity index (χ2n) is 4.76. The third-order valence-electron chi connectivity index (χ3n) is 3.74. The molecular formula is C12H16ClN3. The van der Waals surface area contributed by atoms with Crippen LogP contribution in [0.2, 0.25) is 5.15 Å². The Bertz CT molecular complexity index is 357. The molecule has 3 nitrogen and oxygen atoms in total. The minimum Gasteiger partial charge on any atom is -0.379 e. The smallest absolute Gasteiger partial charge is 0.129 e. The summed E-state index contributed by atoms with van der Waals surface area (Å²) in [7, 11) is 0. The minimum absolute atomic E-state index is 0.555. The van der Waals surface area contributed by atoms with Gasteiger partial charge in [-0.3, -0.25) is 0 Å². The summed E-state index contributed by atoms with van der Waals surface area (Å²) in [6.45, 7) is 3.73. The summed E-state index contributed by atoms with van der Waals surface area (Å²) in [4.78, 5) is 6.64. The Balaban J connectivity index is 1.68. The van der Waals surface area contributed by atoms with Crippen LogP contribution in [0.1, 0.15) is 12.8 Å². The normalized spacial score (nSPS) is 32.7. The average Bonchev–Trinajstić information content (AvgIpc) is 2.34. The molecule has 0 aromatic carbocycles. The van der Waals surface area contributed by atoms with Crippen molar-refractivity contribution in [1.82, 2.24) is 9.88 Å². The van der Waals surface area contributed by atoms with Crippen LogP contribution in [0.25, 0.3) is 0 Å². The number of rotatable bonds is 2. The number of pyridine rings is 1. The van der Waals surface area contributed by atoms with E-state index in [1.165, 1.54) is 32.5 Å². The third kappa shape index (κ3) is 2.02. The Morgan fingerprint density at radius 2 is 2.12 bits per heavy atom. The lowest BCUT2D eigenvalue weighted by atomic mass is 9.84. The zero-order chi connectivity index (χ0) is 11.0. The number of nitrogens with zero attached hydrogens (tertiary/aromatic N) is 2. The van der Waals surface area contributed by atoms with Gasteiger partial charge in [0, 0.05) is 12.6 Å². The highest BCUT2D eigenvalue weighted by atomic mass is 35.5. The second kappa shape index (κ2) is 4.22. The van der Waals surface area contributed by atoms with Crippen LogP contribution in [0.15, 0.2) is 18.3 Å². The van der Waals surface area contributed by atoms with E-state index in [0.717, 1.165) is 11.6 Å². The van der Waals surface area contributed by atoms with Gasteiger partial charge in [0.15, 0.2) is 0 Å². The van der Waals surface area contributed by atoms with Crippen LogP contribution in [-0.4, -0.2) is 35.6 Å². The molecule has 2 bridgehead atoms. The van der Waals surface area contributed by atoms with E-state index in [4.69, 9.17) is 11.6 Å². The Kier molecular flexibility index (Phi) is 2.74. The van der Waals surface area contributed by atoms with Gasteiger partial charge in [0.1, 0.15) is 5.15 Å². The molecule has 16 heavy (non-hydrogen) atoms. The fourth-order valence-corrected chi connectivity index (χ4v) is 2.92. The van der Waals surface area contributed by atoms with E-state index in [-0.39, 0.29) is 0 Å². The molecule has 86 valence electrons. The number of hydrogen-bond acceptors (Lipinski definition) is 3. The molecule has 4 rings (SSSR count). The van der Waals surface area contributed by atoms with Crippen molar-refractivity contribution in [3.8, 4) is 0 Å². The highest BCUT2D eigenvalue weighted by molar-refractivity contribution is 6.29. The Hall–Kier alpha value is -0.800. The highest BCUT2D eigenvalue weighted by Crippen LogP contribution is 2.29. The van der Waals surface area contributed by atoms with Gasteiger partial charge in [0.05, 0.1) is 11.9 Å². The summed E-state index contributed by atoms with van der Waals surface area (Å²) in [5, 5.41) is 4.13. The molecule has 3 aliphatic heterocycles. The number of fused-ring (bicyclic) bond motifs is 3. The number of aromatic nitrogens is 1. The van der Waals surface area contributed by atoms with Gasteiger partial charge >= 0.3 is 0 Å². The first-order valence-electron chi connectivity index (χ1n) is 5.92. The molecule has 3 aliphatic rings. The van der Waals surface area contributed by atoms with Crippen molar-refractivity contribution >= 4 is 17.3 Å². The molecular weight excluding hydrogens is 222 g/mol. The fraction of sp³-hybridized carbons (Fsp3) is 0.583. The van der Waals surface area contributed by atoms with Crippen LogP contribution < -0.4 is 5.32 Å². The maximum absolute atomic E-state index is 5.77. The Morgan fingerprint density at radius 3 is 2.69 bits per heavy atom. The molecule has 0 saturated carbocycles. The first-order valence-corrected chi connectivity index (χ1v) is 6.29. The molecule has 1 N–H and O–H groups in total. The van der Waals surface area contributed by atoms with Crippen molar-refractivity contribution in [1.29, 1.82) is 0 Å². The van der Waals surface area contributed by atoms with Gasteiger partial charge in [-0.05, 0) is 44.0 Å². The molecule has 1 unspecified atom stereocenters. The van der Waals surface area contributed by atoms with E-state index in [1.54, 1.807) is 0 Å². The van der Waals surface area contributed by atoms with E-state index >= 15 is 0 Å². The van der Waals surface area contributed by atoms with Gasteiger partial charge in [-0.25, -0.2) is 4.98 Å². The predicted octanol–water partition coefficient (Wildman–Crippen LogP) is 2.24. The monoisotopic (exact) mass is 237 g/mol. The van der Waals surface area contributed by atoms with E-state index in [2.05, 4.69) is 15.2 Å². The number of piperidine rings is 3. The summed E-state index contributed by atoms with van der Waals surface area (Å²) in [6.07, 6.45) is 4.48. The maximum atomic E-state index is 5.77. The minimum atomic E-state index is 0.555. The predicted molar refractivity (Wildman–Crippen MR) is 65.8 cm³/mol. The molecule has 0 amide bonds. The largest absolute Gasteiger partial charge is 0.379 e. The van der Waals surface area contributed by atoms with Crippen LogP contribution in [0.4, 0.5) is 5.69 Å². The van der Waals surface area contributed by atoms with Crippen LogP contribution >= 0.6 is 11.6 Å². The van der Waals surface area contributed by atoms with Crippen molar-refractivity contribution in [2.24, 2.45) is 5.92 Å². The first-order chi connectivity index (χ1) is 7.81. The van der Waals surface area contributed by atoms with Gasteiger partial charge in [-0.2, -0.15) is 0 Å². The summed E-state index contributed by atoms with van der Waals surface area (Å²) >= 11 is 5.77. The summed E-state index contributed by atoms with van der Waals surface area (Å²) < 4.78 is 0. The van der Waals surface area contributed by atoms with Crippen LogP contribution in [-0.2, 0) is 0 Å². The van der Waals surface area contributed by atoms with Gasteiger partial charge < -0.3 is 10.2 Å². The van der Waals surface area contributed by atoms with E-state index in [0.29, 0.717) is 11.2 Å². The Labute approximate surface area is 101 Å². The van der Waals surface area contributed by atoms with E-state index in [1.807, 2.05) is 18.3 Å². The summed E-state index contributed by atoms with van der Waals surface area (Å²) in [5.41, 5.74) is 1.09. The SMILES string of the molecule is Clc1ccc(NC2CN3CCC2CC3)cn1. The van der Waals surface area contributed by atoms with Crippen molar-refractivity contribution in [2.45, 2.75) is 18.9 Å². The van der Waals surface area contributed by atoms with Gasteiger partial charge in [-0.15, -0.1) is 0 Å². The topological polar surface area (TPSA) is 28.2 Å². The summed E-state index contributed by atoms with van der Waals surface area (Å²) in [5.74, 6) is 0.834. The second-order valence-corrected chi connectivity index (χ2v) is 5.15. The van der Waals surface area contributed by atoms with Crippen LogP contribution in [0.3, 0.4) is 0 Å². The molecule has 3 saturated heterocycles. The Morgan fingerprint density at radius 1 is 1.31 bits per heavy atom. The lowest BCUT2D eigenvalue weighted by molar-refractivity contribution is 0.0975.